The molecule has 0 saturated heterocycles. The normalized spacial score (nSPS) is 10.2. The molecule has 0 radical (unpaired) electrons. The Kier molecular flexibility index (Phi) is 4.36. The van der Waals surface area contributed by atoms with Gasteiger partial charge in [0.05, 0.1) is 7.11 Å². The molecule has 1 N–H and O–H groups in total. The van der Waals surface area contributed by atoms with Crippen LogP contribution in [0, 0.1) is 5.92 Å². The van der Waals surface area contributed by atoms with Gasteiger partial charge in [0.15, 0.2) is 5.82 Å². The zero-order valence-electron chi connectivity index (χ0n) is 9.31. The van der Waals surface area contributed by atoms with Crippen LogP contribution in [0.25, 0.3) is 0 Å². The van der Waals surface area contributed by atoms with Gasteiger partial charge in [-0.25, -0.2) is 4.98 Å². The van der Waals surface area contributed by atoms with Crippen molar-refractivity contribution in [1.29, 1.82) is 0 Å². The first-order chi connectivity index (χ1) is 7.52. The smallest absolute Gasteiger partial charge is 0.313 e. The first-order valence-electron chi connectivity index (χ1n) is 4.73. The van der Waals surface area contributed by atoms with E-state index in [0.717, 1.165) is 11.5 Å². The number of esters is 1. The number of carbonyl (C=O) groups is 2. The fourth-order valence-corrected chi connectivity index (χ4v) is 1.42. The van der Waals surface area contributed by atoms with Crippen molar-refractivity contribution in [3.05, 3.63) is 5.82 Å². The van der Waals surface area contributed by atoms with E-state index in [1.165, 1.54) is 7.11 Å². The van der Waals surface area contributed by atoms with Crippen molar-refractivity contribution >= 4 is 28.5 Å². The standard InChI is InChI=1S/C9H13N3O3S/c1-5(2)8(14)11-9-10-6(12-16-9)4-7(13)15-3/h5H,4H2,1-3H3,(H,10,11,12,14). The molecule has 1 amide bonds. The second kappa shape index (κ2) is 5.55. The number of amides is 1. The van der Waals surface area contributed by atoms with Crippen molar-refractivity contribution in [2.45, 2.75) is 20.3 Å². The summed E-state index contributed by atoms with van der Waals surface area (Å²) in [4.78, 5) is 26.3. The number of methoxy groups -OCH3 is 1. The molecule has 0 bridgehead atoms. The van der Waals surface area contributed by atoms with Crippen LogP contribution < -0.4 is 5.32 Å². The molecule has 1 aromatic rings. The van der Waals surface area contributed by atoms with Gasteiger partial charge in [-0.15, -0.1) is 0 Å². The number of rotatable bonds is 4. The Morgan fingerprint density at radius 1 is 1.50 bits per heavy atom. The predicted octanol–water partition coefficient (Wildman–Crippen LogP) is 0.848. The summed E-state index contributed by atoms with van der Waals surface area (Å²) >= 11 is 1.05. The Hall–Kier alpha value is -1.50. The third-order valence-corrected chi connectivity index (χ3v) is 2.42. The summed E-state index contributed by atoms with van der Waals surface area (Å²) in [5.41, 5.74) is 0. The summed E-state index contributed by atoms with van der Waals surface area (Å²) in [5.74, 6) is -0.288. The van der Waals surface area contributed by atoms with Gasteiger partial charge in [0.2, 0.25) is 11.0 Å². The van der Waals surface area contributed by atoms with E-state index in [9.17, 15) is 9.59 Å². The highest BCUT2D eigenvalue weighted by Crippen LogP contribution is 2.12. The van der Waals surface area contributed by atoms with Crippen molar-refractivity contribution in [2.75, 3.05) is 12.4 Å². The third kappa shape index (κ3) is 3.58. The highest BCUT2D eigenvalue weighted by atomic mass is 32.1. The van der Waals surface area contributed by atoms with Crippen molar-refractivity contribution in [3.63, 3.8) is 0 Å². The van der Waals surface area contributed by atoms with E-state index < -0.39 is 5.97 Å². The third-order valence-electron chi connectivity index (χ3n) is 1.75. The van der Waals surface area contributed by atoms with Gasteiger partial charge in [-0.05, 0) is 0 Å². The van der Waals surface area contributed by atoms with Crippen molar-refractivity contribution in [2.24, 2.45) is 5.92 Å². The average molecular weight is 243 g/mol. The van der Waals surface area contributed by atoms with Gasteiger partial charge >= 0.3 is 5.97 Å². The number of anilines is 1. The molecular weight excluding hydrogens is 230 g/mol. The molecule has 6 nitrogen and oxygen atoms in total. The first kappa shape index (κ1) is 12.6. The Bertz CT molecular complexity index is 389. The van der Waals surface area contributed by atoms with Crippen LogP contribution >= 0.6 is 11.5 Å². The van der Waals surface area contributed by atoms with E-state index in [2.05, 4.69) is 19.4 Å². The van der Waals surface area contributed by atoms with E-state index >= 15 is 0 Å². The number of carbonyl (C=O) groups excluding carboxylic acids is 2. The Morgan fingerprint density at radius 3 is 2.75 bits per heavy atom. The Labute approximate surface area is 97.2 Å². The molecule has 0 aromatic carbocycles. The van der Waals surface area contributed by atoms with Crippen LogP contribution in [0.3, 0.4) is 0 Å². The van der Waals surface area contributed by atoms with Crippen molar-refractivity contribution in [3.8, 4) is 0 Å². The lowest BCUT2D eigenvalue weighted by Crippen LogP contribution is -2.17. The first-order valence-corrected chi connectivity index (χ1v) is 5.50. The highest BCUT2D eigenvalue weighted by Gasteiger charge is 2.12. The maximum atomic E-state index is 11.3. The van der Waals surface area contributed by atoms with Crippen LogP contribution in [-0.2, 0) is 20.7 Å². The summed E-state index contributed by atoms with van der Waals surface area (Å²) in [6, 6.07) is 0. The van der Waals surface area contributed by atoms with E-state index in [-0.39, 0.29) is 18.2 Å². The molecule has 0 aliphatic heterocycles. The molecule has 0 saturated carbocycles. The van der Waals surface area contributed by atoms with Crippen molar-refractivity contribution in [1.82, 2.24) is 9.36 Å². The van der Waals surface area contributed by atoms with E-state index in [0.29, 0.717) is 11.0 Å². The number of hydrogen-bond donors (Lipinski definition) is 1. The molecule has 16 heavy (non-hydrogen) atoms. The summed E-state index contributed by atoms with van der Waals surface area (Å²) in [7, 11) is 1.30. The van der Waals surface area contributed by atoms with Crippen LogP contribution in [0.15, 0.2) is 0 Å². The van der Waals surface area contributed by atoms with E-state index in [1.54, 1.807) is 13.8 Å². The molecule has 7 heteroatoms. The molecule has 1 rings (SSSR count). The van der Waals surface area contributed by atoms with Crippen LogP contribution in [-0.4, -0.2) is 28.3 Å². The average Bonchev–Trinajstić information content (AvgIpc) is 2.65. The number of ether oxygens (including phenoxy) is 1. The molecular formula is C9H13N3O3S. The fraction of sp³-hybridized carbons (Fsp3) is 0.556. The summed E-state index contributed by atoms with van der Waals surface area (Å²) < 4.78 is 8.41. The fourth-order valence-electron chi connectivity index (χ4n) is 0.828. The zero-order chi connectivity index (χ0) is 12.1. The minimum atomic E-state index is -0.403. The van der Waals surface area contributed by atoms with Crippen LogP contribution in [0.2, 0.25) is 0 Å². The lowest BCUT2D eigenvalue weighted by Gasteiger charge is -2.02. The molecule has 0 unspecified atom stereocenters. The molecule has 1 heterocycles. The predicted molar refractivity (Wildman–Crippen MR) is 59.1 cm³/mol. The van der Waals surface area contributed by atoms with Crippen LogP contribution in [0.5, 0.6) is 0 Å². The Morgan fingerprint density at radius 2 is 2.19 bits per heavy atom. The topological polar surface area (TPSA) is 81.2 Å². The molecule has 0 aliphatic rings. The number of nitrogens with one attached hydrogen (secondary N) is 1. The van der Waals surface area contributed by atoms with Gasteiger partial charge < -0.3 is 10.1 Å². The molecule has 0 spiro atoms. The molecule has 88 valence electrons. The lowest BCUT2D eigenvalue weighted by molar-refractivity contribution is -0.139. The maximum Gasteiger partial charge on any atom is 0.313 e. The number of hydrogen-bond acceptors (Lipinski definition) is 6. The van der Waals surface area contributed by atoms with Gasteiger partial charge in [0.25, 0.3) is 0 Å². The van der Waals surface area contributed by atoms with Crippen LogP contribution in [0.4, 0.5) is 5.13 Å². The largest absolute Gasteiger partial charge is 0.469 e. The van der Waals surface area contributed by atoms with Gasteiger partial charge in [-0.1, -0.05) is 13.8 Å². The maximum absolute atomic E-state index is 11.3. The van der Waals surface area contributed by atoms with Gasteiger partial charge in [0, 0.05) is 17.5 Å². The monoisotopic (exact) mass is 243 g/mol. The van der Waals surface area contributed by atoms with Gasteiger partial charge in [0.1, 0.15) is 6.42 Å². The summed E-state index contributed by atoms with van der Waals surface area (Å²) in [6.45, 7) is 3.57. The minimum Gasteiger partial charge on any atom is -0.469 e. The molecule has 0 atom stereocenters. The van der Waals surface area contributed by atoms with Crippen molar-refractivity contribution < 1.29 is 14.3 Å². The lowest BCUT2D eigenvalue weighted by atomic mass is 10.2. The van der Waals surface area contributed by atoms with Crippen LogP contribution in [0.1, 0.15) is 19.7 Å². The second-order valence-corrected chi connectivity index (χ2v) is 4.16. The zero-order valence-corrected chi connectivity index (χ0v) is 10.1. The number of aromatic nitrogens is 2. The molecule has 0 aliphatic carbocycles. The quantitative estimate of drug-likeness (QED) is 0.793. The van der Waals surface area contributed by atoms with Gasteiger partial charge in [-0.2, -0.15) is 4.37 Å². The summed E-state index contributed by atoms with van der Waals surface area (Å²) in [5, 5.41) is 3.01. The SMILES string of the molecule is COC(=O)Cc1nsc(NC(=O)C(C)C)n1. The Balaban J connectivity index is 2.58. The molecule has 0 fully saturated rings. The summed E-state index contributed by atoms with van der Waals surface area (Å²) in [6.07, 6.45) is 0.0184. The van der Waals surface area contributed by atoms with Gasteiger partial charge in [-0.3, -0.25) is 9.59 Å². The minimum absolute atomic E-state index is 0.0184. The second-order valence-electron chi connectivity index (χ2n) is 3.41. The number of nitrogens with zero attached hydrogens (tertiary/aromatic N) is 2. The molecule has 1 aromatic heterocycles. The van der Waals surface area contributed by atoms with E-state index in [4.69, 9.17) is 0 Å². The van der Waals surface area contributed by atoms with E-state index in [1.807, 2.05) is 0 Å². The highest BCUT2D eigenvalue weighted by molar-refractivity contribution is 7.09.